The number of alkyl carbamates (subject to hydrolysis) is 1. The summed E-state index contributed by atoms with van der Waals surface area (Å²) in [6.45, 7) is 2.42. The molecule has 0 saturated carbocycles. The number of likely N-dealkylation sites (N-methyl/N-ethyl adjacent to an activating group) is 1. The van der Waals surface area contributed by atoms with Gasteiger partial charge in [-0.25, -0.2) is 9.69 Å². The third kappa shape index (κ3) is 8.70. The lowest BCUT2D eigenvalue weighted by Crippen LogP contribution is -2.43. The van der Waals surface area contributed by atoms with Gasteiger partial charge in [0.25, 0.3) is 5.91 Å². The van der Waals surface area contributed by atoms with Gasteiger partial charge in [0, 0.05) is 24.6 Å². The summed E-state index contributed by atoms with van der Waals surface area (Å²) in [5, 5.41) is 23.2. The average Bonchev–Trinajstić information content (AvgIpc) is 3.45. The molecule has 266 valence electrons. The SMILES string of the molecule is C[C@@H]([C@H](O)c1ccccc1)N(C)C[C@@H]1C[C@H](c2ccc(CO)cc2)O[C@H](c2cccc(N3C(=O)CC(NC(=O)OCc4ccccc4)C3=O)c2)O1. The Morgan fingerprint density at radius 2 is 1.63 bits per heavy atom. The van der Waals surface area contributed by atoms with E-state index in [0.717, 1.165) is 27.2 Å². The van der Waals surface area contributed by atoms with Gasteiger partial charge in [-0.2, -0.15) is 0 Å². The van der Waals surface area contributed by atoms with E-state index in [2.05, 4.69) is 10.2 Å². The second kappa shape index (κ2) is 16.4. The van der Waals surface area contributed by atoms with Gasteiger partial charge in [-0.3, -0.25) is 14.5 Å². The van der Waals surface area contributed by atoms with Gasteiger partial charge in [0.15, 0.2) is 6.29 Å². The van der Waals surface area contributed by atoms with Crippen LogP contribution >= 0.6 is 0 Å². The Kier molecular flexibility index (Phi) is 11.5. The van der Waals surface area contributed by atoms with Crippen LogP contribution in [0.1, 0.15) is 66.1 Å². The van der Waals surface area contributed by atoms with Crippen molar-refractivity contribution in [3.63, 3.8) is 0 Å². The van der Waals surface area contributed by atoms with Gasteiger partial charge in [-0.15, -0.1) is 0 Å². The van der Waals surface area contributed by atoms with Crippen LogP contribution in [0.25, 0.3) is 0 Å². The summed E-state index contributed by atoms with van der Waals surface area (Å²) in [6, 6.07) is 31.9. The van der Waals surface area contributed by atoms with Gasteiger partial charge in [-0.05, 0) is 48.4 Å². The van der Waals surface area contributed by atoms with Gasteiger partial charge in [0.1, 0.15) is 12.6 Å². The summed E-state index contributed by atoms with van der Waals surface area (Å²) >= 11 is 0. The van der Waals surface area contributed by atoms with Crippen molar-refractivity contribution in [3.05, 3.63) is 137 Å². The van der Waals surface area contributed by atoms with Crippen LogP contribution < -0.4 is 10.2 Å². The van der Waals surface area contributed by atoms with E-state index in [1.165, 1.54) is 0 Å². The second-order valence-corrected chi connectivity index (χ2v) is 13.0. The first-order valence-corrected chi connectivity index (χ1v) is 17.1. The Labute approximate surface area is 297 Å². The zero-order valence-electron chi connectivity index (χ0n) is 28.6. The molecule has 0 aliphatic carbocycles. The summed E-state index contributed by atoms with van der Waals surface area (Å²) in [5.74, 6) is -1.02. The topological polar surface area (TPSA) is 138 Å². The van der Waals surface area contributed by atoms with Crippen molar-refractivity contribution in [2.45, 2.75) is 69.7 Å². The van der Waals surface area contributed by atoms with Gasteiger partial charge in [0.05, 0.1) is 37.0 Å². The fourth-order valence-corrected chi connectivity index (χ4v) is 6.42. The molecule has 0 radical (unpaired) electrons. The first kappa shape index (κ1) is 35.9. The smallest absolute Gasteiger partial charge is 0.408 e. The van der Waals surface area contributed by atoms with Gasteiger partial charge in [0.2, 0.25) is 5.91 Å². The van der Waals surface area contributed by atoms with Crippen LogP contribution in [0.15, 0.2) is 109 Å². The molecule has 1 unspecified atom stereocenters. The first-order valence-electron chi connectivity index (χ1n) is 17.1. The summed E-state index contributed by atoms with van der Waals surface area (Å²) in [4.78, 5) is 42.2. The number of aliphatic hydroxyl groups is 2. The summed E-state index contributed by atoms with van der Waals surface area (Å²) in [5.41, 5.74) is 4.26. The minimum atomic E-state index is -1.06. The van der Waals surface area contributed by atoms with Crippen LogP contribution in [-0.4, -0.2) is 64.8 Å². The van der Waals surface area contributed by atoms with Crippen molar-refractivity contribution in [1.29, 1.82) is 0 Å². The van der Waals surface area contributed by atoms with Crippen LogP contribution in [-0.2, 0) is 37.0 Å². The highest BCUT2D eigenvalue weighted by Gasteiger charge is 2.41. The molecule has 3 N–H and O–H groups in total. The van der Waals surface area contributed by atoms with E-state index in [9.17, 15) is 24.6 Å². The van der Waals surface area contributed by atoms with E-state index >= 15 is 0 Å². The predicted octanol–water partition coefficient (Wildman–Crippen LogP) is 5.34. The number of hydrogen-bond donors (Lipinski definition) is 3. The normalized spacial score (nSPS) is 21.8. The molecule has 0 bridgehead atoms. The van der Waals surface area contributed by atoms with E-state index < -0.39 is 36.3 Å². The molecule has 0 spiro atoms. The molecule has 4 aromatic carbocycles. The highest BCUT2D eigenvalue weighted by atomic mass is 16.7. The lowest BCUT2D eigenvalue weighted by molar-refractivity contribution is -0.253. The molecule has 6 rings (SSSR count). The lowest BCUT2D eigenvalue weighted by Gasteiger charge is -2.39. The number of hydrogen-bond acceptors (Lipinski definition) is 9. The number of benzene rings is 4. The Bertz CT molecular complexity index is 1790. The Morgan fingerprint density at radius 3 is 2.33 bits per heavy atom. The number of anilines is 1. The maximum atomic E-state index is 13.4. The van der Waals surface area contributed by atoms with Crippen LogP contribution in [0.2, 0.25) is 0 Å². The molecule has 2 heterocycles. The van der Waals surface area contributed by atoms with Crippen LogP contribution in [0.5, 0.6) is 0 Å². The minimum Gasteiger partial charge on any atom is -0.445 e. The van der Waals surface area contributed by atoms with E-state index in [0.29, 0.717) is 24.2 Å². The maximum absolute atomic E-state index is 13.4. The number of carbonyl (C=O) groups is 3. The predicted molar refractivity (Wildman–Crippen MR) is 189 cm³/mol. The molecule has 2 aliphatic heterocycles. The number of ether oxygens (including phenoxy) is 3. The summed E-state index contributed by atoms with van der Waals surface area (Å²) < 4.78 is 18.3. The molecule has 0 aromatic heterocycles. The van der Waals surface area contributed by atoms with Gasteiger partial charge in [-0.1, -0.05) is 97.1 Å². The molecule has 2 fully saturated rings. The lowest BCUT2D eigenvalue weighted by atomic mass is 9.98. The van der Waals surface area contributed by atoms with Crippen LogP contribution in [0.4, 0.5) is 10.5 Å². The number of nitrogens with one attached hydrogen (secondary N) is 1. The molecule has 11 nitrogen and oxygen atoms in total. The number of amides is 3. The zero-order valence-corrected chi connectivity index (χ0v) is 28.6. The number of imide groups is 1. The first-order chi connectivity index (χ1) is 24.7. The quantitative estimate of drug-likeness (QED) is 0.168. The molecule has 4 aromatic rings. The summed E-state index contributed by atoms with van der Waals surface area (Å²) in [7, 11) is 1.95. The fraction of sp³-hybridized carbons (Fsp3) is 0.325. The number of rotatable bonds is 12. The molecular weight excluding hydrogens is 650 g/mol. The zero-order chi connectivity index (χ0) is 35.9. The molecule has 2 saturated heterocycles. The van der Waals surface area contributed by atoms with Crippen molar-refractivity contribution in [2.75, 3.05) is 18.5 Å². The van der Waals surface area contributed by atoms with Crippen LogP contribution in [0.3, 0.4) is 0 Å². The molecule has 6 atom stereocenters. The Hall–Kier alpha value is -4.91. The Balaban J connectivity index is 1.17. The van der Waals surface area contributed by atoms with Crippen LogP contribution in [0, 0.1) is 0 Å². The van der Waals surface area contributed by atoms with Crippen molar-refractivity contribution in [3.8, 4) is 0 Å². The van der Waals surface area contributed by atoms with Crippen molar-refractivity contribution >= 4 is 23.6 Å². The number of aliphatic hydroxyl groups excluding tert-OH is 2. The van der Waals surface area contributed by atoms with E-state index in [1.54, 1.807) is 18.2 Å². The molecule has 11 heteroatoms. The molecule has 51 heavy (non-hydrogen) atoms. The average molecular weight is 694 g/mol. The van der Waals surface area contributed by atoms with E-state index in [-0.39, 0.29) is 37.9 Å². The maximum Gasteiger partial charge on any atom is 0.408 e. The van der Waals surface area contributed by atoms with E-state index in [4.69, 9.17) is 14.2 Å². The van der Waals surface area contributed by atoms with E-state index in [1.807, 2.05) is 105 Å². The highest BCUT2D eigenvalue weighted by Crippen LogP contribution is 2.39. The molecular formula is C40H43N3O8. The van der Waals surface area contributed by atoms with Crippen molar-refractivity contribution in [1.82, 2.24) is 10.2 Å². The number of nitrogens with zero attached hydrogens (tertiary/aromatic N) is 2. The minimum absolute atomic E-state index is 0.0323. The van der Waals surface area contributed by atoms with Crippen molar-refractivity contribution in [2.24, 2.45) is 0 Å². The summed E-state index contributed by atoms with van der Waals surface area (Å²) in [6.07, 6.45) is -2.68. The molecule has 3 amide bonds. The largest absolute Gasteiger partial charge is 0.445 e. The fourth-order valence-electron chi connectivity index (χ4n) is 6.42. The third-order valence-corrected chi connectivity index (χ3v) is 9.45. The van der Waals surface area contributed by atoms with Gasteiger partial charge < -0.3 is 29.7 Å². The third-order valence-electron chi connectivity index (χ3n) is 9.45. The number of carbonyl (C=O) groups excluding carboxylic acids is 3. The standard InChI is InChI=1S/C40H43N3O8/c1-26(37(46)30-12-7-4-8-13-30)42(2)23-33-21-35(29-18-16-27(24-44)17-19-29)51-39(50-33)31-14-9-15-32(20-31)43-36(45)22-34(38(43)47)41-40(48)49-25-28-10-5-3-6-11-28/h3-20,26,33-35,37,39,44,46H,21-25H2,1-2H3,(H,41,48)/t26-,33-,34?,35+,37-,39+/m0/s1. The monoisotopic (exact) mass is 693 g/mol. The highest BCUT2D eigenvalue weighted by molar-refractivity contribution is 6.22. The van der Waals surface area contributed by atoms with Crippen molar-refractivity contribution < 1.29 is 38.8 Å². The Morgan fingerprint density at radius 1 is 0.922 bits per heavy atom. The van der Waals surface area contributed by atoms with Gasteiger partial charge >= 0.3 is 6.09 Å². The second-order valence-electron chi connectivity index (χ2n) is 13.0. The molecule has 2 aliphatic rings.